The molecule has 0 aromatic heterocycles. The third-order valence-corrected chi connectivity index (χ3v) is 2.80. The molecule has 0 spiro atoms. The monoisotopic (exact) mass is 318 g/mol. The van der Waals surface area contributed by atoms with Crippen LogP contribution in [0.15, 0.2) is 48.5 Å². The van der Waals surface area contributed by atoms with E-state index in [1.54, 1.807) is 12.1 Å². The molecule has 0 saturated carbocycles. The molecule has 0 saturated heterocycles. The van der Waals surface area contributed by atoms with Crippen molar-refractivity contribution in [2.75, 3.05) is 0 Å². The molecule has 0 bridgehead atoms. The molecule has 23 heavy (non-hydrogen) atoms. The lowest BCUT2D eigenvalue weighted by atomic mass is 10.2. The van der Waals surface area contributed by atoms with Crippen molar-refractivity contribution in [1.29, 1.82) is 0 Å². The van der Waals surface area contributed by atoms with Gasteiger partial charge in [-0.25, -0.2) is 4.79 Å². The first-order chi connectivity index (χ1) is 11.0. The first-order valence-electron chi connectivity index (χ1n) is 6.64. The van der Waals surface area contributed by atoms with E-state index in [0.717, 1.165) is 0 Å². The summed E-state index contributed by atoms with van der Waals surface area (Å²) in [7, 11) is 0. The van der Waals surface area contributed by atoms with Gasteiger partial charge in [-0.3, -0.25) is 4.79 Å². The van der Waals surface area contributed by atoms with Gasteiger partial charge in [0.15, 0.2) is 29.1 Å². The van der Waals surface area contributed by atoms with Crippen molar-refractivity contribution in [3.05, 3.63) is 48.5 Å². The number of aliphatic hydroxyl groups is 1. The van der Waals surface area contributed by atoms with E-state index < -0.39 is 24.5 Å². The minimum Gasteiger partial charge on any atom is -0.504 e. The number of aliphatic hydroxyl groups excluding tert-OH is 1. The topological polar surface area (TPSA) is 113 Å². The van der Waals surface area contributed by atoms with Gasteiger partial charge in [-0.05, 0) is 24.3 Å². The molecule has 7 nitrogen and oxygen atoms in total. The van der Waals surface area contributed by atoms with Gasteiger partial charge in [0.25, 0.3) is 0 Å². The average Bonchev–Trinajstić information content (AvgIpc) is 2.51. The second-order valence-electron chi connectivity index (χ2n) is 4.55. The van der Waals surface area contributed by atoms with Gasteiger partial charge in [0.05, 0.1) is 6.42 Å². The highest BCUT2D eigenvalue weighted by molar-refractivity contribution is 5.84. The highest BCUT2D eigenvalue weighted by Gasteiger charge is 2.23. The molecule has 120 valence electrons. The Morgan fingerprint density at radius 1 is 0.870 bits per heavy atom. The molecule has 2 aromatic rings. The van der Waals surface area contributed by atoms with Gasteiger partial charge in [-0.2, -0.15) is 0 Å². The minimum atomic E-state index is -1.77. The van der Waals surface area contributed by atoms with Gasteiger partial charge in [0, 0.05) is 0 Å². The summed E-state index contributed by atoms with van der Waals surface area (Å²) in [5.41, 5.74) is 0. The Morgan fingerprint density at radius 2 is 1.35 bits per heavy atom. The Balaban J connectivity index is 1.92. The molecule has 0 radical (unpaired) electrons. The van der Waals surface area contributed by atoms with E-state index in [1.165, 1.54) is 36.4 Å². The van der Waals surface area contributed by atoms with Gasteiger partial charge in [0.1, 0.15) is 0 Å². The first-order valence-corrected chi connectivity index (χ1v) is 6.64. The smallest absolute Gasteiger partial charge is 0.341 e. The highest BCUT2D eigenvalue weighted by Crippen LogP contribution is 2.26. The van der Waals surface area contributed by atoms with E-state index in [0.29, 0.717) is 0 Å². The molecule has 1 unspecified atom stereocenters. The summed E-state index contributed by atoms with van der Waals surface area (Å²) in [6.07, 6.45) is -2.44. The lowest BCUT2D eigenvalue weighted by molar-refractivity contribution is -0.150. The van der Waals surface area contributed by atoms with Crippen LogP contribution in [0.25, 0.3) is 0 Å². The van der Waals surface area contributed by atoms with Gasteiger partial charge < -0.3 is 24.8 Å². The predicted octanol–water partition coefficient (Wildman–Crippen LogP) is 1.36. The van der Waals surface area contributed by atoms with Crippen molar-refractivity contribution < 1.29 is 34.4 Å². The zero-order valence-electron chi connectivity index (χ0n) is 11.9. The molecule has 3 N–H and O–H groups in total. The largest absolute Gasteiger partial charge is 0.504 e. The zero-order chi connectivity index (χ0) is 16.8. The normalized spacial score (nSPS) is 11.5. The van der Waals surface area contributed by atoms with E-state index in [1.807, 2.05) is 0 Å². The number of carbonyl (C=O) groups is 2. The number of aromatic hydroxyl groups is 2. The fraction of sp³-hybridized carbons (Fsp3) is 0.125. The van der Waals surface area contributed by atoms with E-state index >= 15 is 0 Å². The van der Waals surface area contributed by atoms with E-state index in [9.17, 15) is 24.9 Å². The molecule has 0 amide bonds. The molecule has 2 rings (SSSR count). The molecular weight excluding hydrogens is 304 g/mol. The Hall–Kier alpha value is -3.06. The van der Waals surface area contributed by atoms with Crippen molar-refractivity contribution in [2.45, 2.75) is 12.5 Å². The summed E-state index contributed by atoms with van der Waals surface area (Å²) in [6, 6.07) is 11.5. The molecule has 0 fully saturated rings. The molecule has 2 aromatic carbocycles. The molecular formula is C16H14O7. The fourth-order valence-electron chi connectivity index (χ4n) is 1.67. The molecule has 1 atom stereocenters. The standard InChI is InChI=1S/C16H14O7/c17-10-5-1-3-7-13(10)22-15(20)9-12(19)16(21)23-14-8-4-2-6-11(14)18/h1-8,12,17-19H,9H2. The molecule has 0 aliphatic heterocycles. The molecule has 7 heteroatoms. The number of hydrogen-bond donors (Lipinski definition) is 3. The van der Waals surface area contributed by atoms with Crippen LogP contribution in [0.4, 0.5) is 0 Å². The van der Waals surface area contributed by atoms with Crippen molar-refractivity contribution in [3.8, 4) is 23.0 Å². The van der Waals surface area contributed by atoms with Crippen LogP contribution in [0.1, 0.15) is 6.42 Å². The lowest BCUT2D eigenvalue weighted by Crippen LogP contribution is -2.29. The van der Waals surface area contributed by atoms with E-state index in [-0.39, 0.29) is 23.0 Å². The molecule has 0 aliphatic rings. The van der Waals surface area contributed by atoms with Crippen molar-refractivity contribution in [2.24, 2.45) is 0 Å². The number of rotatable bonds is 5. The summed E-state index contributed by atoms with van der Waals surface area (Å²) in [6.45, 7) is 0. The third-order valence-electron chi connectivity index (χ3n) is 2.80. The van der Waals surface area contributed by atoms with Crippen LogP contribution in [0.3, 0.4) is 0 Å². The number of carbonyl (C=O) groups excluding carboxylic acids is 2. The van der Waals surface area contributed by atoms with Gasteiger partial charge in [0.2, 0.25) is 0 Å². The number of esters is 2. The molecule has 0 heterocycles. The maximum Gasteiger partial charge on any atom is 0.341 e. The number of hydrogen-bond acceptors (Lipinski definition) is 7. The SMILES string of the molecule is O=C(CC(O)C(=O)Oc1ccccc1O)Oc1ccccc1O. The summed E-state index contributed by atoms with van der Waals surface area (Å²) in [4.78, 5) is 23.3. The summed E-state index contributed by atoms with van der Waals surface area (Å²) < 4.78 is 9.62. The van der Waals surface area contributed by atoms with Crippen LogP contribution in [-0.2, 0) is 9.59 Å². The Morgan fingerprint density at radius 3 is 1.87 bits per heavy atom. The van der Waals surface area contributed by atoms with E-state index in [4.69, 9.17) is 9.47 Å². The van der Waals surface area contributed by atoms with Crippen LogP contribution in [0.2, 0.25) is 0 Å². The summed E-state index contributed by atoms with van der Waals surface area (Å²) in [5, 5.41) is 28.6. The second-order valence-corrected chi connectivity index (χ2v) is 4.55. The average molecular weight is 318 g/mol. The van der Waals surface area contributed by atoms with Crippen molar-refractivity contribution >= 4 is 11.9 Å². The molecule has 0 aliphatic carbocycles. The van der Waals surface area contributed by atoms with Gasteiger partial charge >= 0.3 is 11.9 Å². The lowest BCUT2D eigenvalue weighted by Gasteiger charge is -2.11. The highest BCUT2D eigenvalue weighted by atomic mass is 16.6. The first kappa shape index (κ1) is 16.3. The summed E-state index contributed by atoms with van der Waals surface area (Å²) >= 11 is 0. The second kappa shape index (κ2) is 7.28. The van der Waals surface area contributed by atoms with Gasteiger partial charge in [-0.15, -0.1) is 0 Å². The van der Waals surface area contributed by atoms with E-state index in [2.05, 4.69) is 0 Å². The van der Waals surface area contributed by atoms with Crippen LogP contribution >= 0.6 is 0 Å². The number of phenolic OH excluding ortho intramolecular Hbond substituents is 2. The predicted molar refractivity (Wildman–Crippen MR) is 78.1 cm³/mol. The number of phenols is 2. The Kier molecular flexibility index (Phi) is 5.16. The third kappa shape index (κ3) is 4.45. The zero-order valence-corrected chi connectivity index (χ0v) is 11.9. The van der Waals surface area contributed by atoms with Crippen LogP contribution in [0.5, 0.6) is 23.0 Å². The fourth-order valence-corrected chi connectivity index (χ4v) is 1.67. The number of benzene rings is 2. The maximum absolute atomic E-state index is 11.7. The minimum absolute atomic E-state index is 0.0845. The summed E-state index contributed by atoms with van der Waals surface area (Å²) in [5.74, 6) is -2.77. The van der Waals surface area contributed by atoms with Crippen molar-refractivity contribution in [1.82, 2.24) is 0 Å². The van der Waals surface area contributed by atoms with Crippen LogP contribution in [-0.4, -0.2) is 33.4 Å². The Bertz CT molecular complexity index is 711. The van der Waals surface area contributed by atoms with Crippen molar-refractivity contribution in [3.63, 3.8) is 0 Å². The maximum atomic E-state index is 11.7. The number of para-hydroxylation sites is 4. The quantitative estimate of drug-likeness (QED) is 0.563. The van der Waals surface area contributed by atoms with Gasteiger partial charge in [-0.1, -0.05) is 24.3 Å². The number of ether oxygens (including phenoxy) is 2. The van der Waals surface area contributed by atoms with Crippen LogP contribution < -0.4 is 9.47 Å². The Labute approximate surface area is 131 Å². The van der Waals surface area contributed by atoms with Crippen LogP contribution in [0, 0.1) is 0 Å².